The molecule has 0 spiro atoms. The average Bonchev–Trinajstić information content (AvgIpc) is 2.29. The topological polar surface area (TPSA) is 44.5 Å². The molecule has 0 saturated carbocycles. The molecule has 3 nitrogen and oxygen atoms in total. The lowest BCUT2D eigenvalue weighted by atomic mass is 10.2. The van der Waals surface area contributed by atoms with E-state index in [2.05, 4.69) is 5.92 Å². The van der Waals surface area contributed by atoms with Crippen LogP contribution in [0.4, 0.5) is 0 Å². The monoisotopic (exact) mass is 205 g/mol. The minimum atomic E-state index is 0.419. The van der Waals surface area contributed by atoms with Crippen LogP contribution in [0.15, 0.2) is 18.2 Å². The summed E-state index contributed by atoms with van der Waals surface area (Å²) < 4.78 is 10.7. The van der Waals surface area contributed by atoms with E-state index in [1.54, 1.807) is 7.11 Å². The van der Waals surface area contributed by atoms with Crippen LogP contribution < -0.4 is 15.2 Å². The Labute approximate surface area is 90.2 Å². The van der Waals surface area contributed by atoms with E-state index in [1.165, 1.54) is 0 Å². The highest BCUT2D eigenvalue weighted by molar-refractivity contribution is 5.46. The van der Waals surface area contributed by atoms with Crippen LogP contribution in [-0.4, -0.2) is 13.7 Å². The molecule has 0 amide bonds. The highest BCUT2D eigenvalue weighted by Gasteiger charge is 2.08. The first-order valence-electron chi connectivity index (χ1n) is 4.75. The molecule has 0 radical (unpaired) electrons. The molecule has 0 fully saturated rings. The van der Waals surface area contributed by atoms with Gasteiger partial charge >= 0.3 is 0 Å². The van der Waals surface area contributed by atoms with Crippen molar-refractivity contribution in [2.24, 2.45) is 5.73 Å². The lowest BCUT2D eigenvalue weighted by molar-refractivity contribution is 0.298. The van der Waals surface area contributed by atoms with Crippen LogP contribution in [0.3, 0.4) is 0 Å². The Hall–Kier alpha value is -1.66. The van der Waals surface area contributed by atoms with Crippen LogP contribution in [0.1, 0.15) is 12.0 Å². The lowest BCUT2D eigenvalue weighted by Gasteiger charge is -2.13. The fourth-order valence-electron chi connectivity index (χ4n) is 1.26. The van der Waals surface area contributed by atoms with E-state index in [0.29, 0.717) is 31.1 Å². The second kappa shape index (κ2) is 5.94. The van der Waals surface area contributed by atoms with E-state index in [9.17, 15) is 0 Å². The molecule has 0 aliphatic carbocycles. The molecule has 0 unspecified atom stereocenters. The normalized spacial score (nSPS) is 9.40. The van der Waals surface area contributed by atoms with Crippen molar-refractivity contribution < 1.29 is 9.47 Å². The molecular weight excluding hydrogens is 190 g/mol. The smallest absolute Gasteiger partial charge is 0.165 e. The Morgan fingerprint density at radius 2 is 2.27 bits per heavy atom. The minimum absolute atomic E-state index is 0.419. The number of hydrogen-bond donors (Lipinski definition) is 1. The summed E-state index contributed by atoms with van der Waals surface area (Å²) in [5.41, 5.74) is 6.53. The van der Waals surface area contributed by atoms with Crippen molar-refractivity contribution in [3.05, 3.63) is 23.8 Å². The van der Waals surface area contributed by atoms with Gasteiger partial charge in [-0.25, -0.2) is 0 Å². The second-order valence-electron chi connectivity index (χ2n) is 2.96. The summed E-state index contributed by atoms with van der Waals surface area (Å²) in [4.78, 5) is 0. The summed E-state index contributed by atoms with van der Waals surface area (Å²) in [6.07, 6.45) is 5.72. The zero-order valence-corrected chi connectivity index (χ0v) is 8.82. The van der Waals surface area contributed by atoms with Gasteiger partial charge in [0.05, 0.1) is 13.7 Å². The van der Waals surface area contributed by atoms with E-state index in [-0.39, 0.29) is 0 Å². The first-order valence-corrected chi connectivity index (χ1v) is 4.75. The summed E-state index contributed by atoms with van der Waals surface area (Å²) >= 11 is 0. The van der Waals surface area contributed by atoms with Gasteiger partial charge in [-0.2, -0.15) is 0 Å². The second-order valence-corrected chi connectivity index (χ2v) is 2.96. The summed E-state index contributed by atoms with van der Waals surface area (Å²) in [7, 11) is 1.60. The molecule has 3 heteroatoms. The van der Waals surface area contributed by atoms with Crippen LogP contribution in [-0.2, 0) is 6.54 Å². The third-order valence-corrected chi connectivity index (χ3v) is 1.99. The number of ether oxygens (including phenoxy) is 2. The molecule has 2 N–H and O–H groups in total. The third kappa shape index (κ3) is 2.90. The highest BCUT2D eigenvalue weighted by atomic mass is 16.5. The van der Waals surface area contributed by atoms with Gasteiger partial charge in [0, 0.05) is 18.5 Å². The Kier molecular flexibility index (Phi) is 4.52. The zero-order valence-electron chi connectivity index (χ0n) is 8.82. The van der Waals surface area contributed by atoms with Crippen molar-refractivity contribution in [3.63, 3.8) is 0 Å². The van der Waals surface area contributed by atoms with Gasteiger partial charge in [-0.3, -0.25) is 0 Å². The van der Waals surface area contributed by atoms with E-state index in [1.807, 2.05) is 18.2 Å². The van der Waals surface area contributed by atoms with Crippen LogP contribution in [0.25, 0.3) is 0 Å². The fourth-order valence-corrected chi connectivity index (χ4v) is 1.26. The molecule has 80 valence electrons. The molecule has 0 aliphatic rings. The zero-order chi connectivity index (χ0) is 11.1. The quantitative estimate of drug-likeness (QED) is 0.586. The van der Waals surface area contributed by atoms with Gasteiger partial charge in [0.2, 0.25) is 0 Å². The molecule has 0 aromatic heterocycles. The standard InChI is InChI=1S/C12H15NO2/c1-3-4-8-15-12-10(9-13)6-5-7-11(12)14-2/h1,5-7H,4,8-9,13H2,2H3. The van der Waals surface area contributed by atoms with E-state index in [0.717, 1.165) is 5.56 Å². The third-order valence-electron chi connectivity index (χ3n) is 1.99. The number of nitrogens with two attached hydrogens (primary N) is 1. The van der Waals surface area contributed by atoms with Gasteiger partial charge in [0.1, 0.15) is 0 Å². The van der Waals surface area contributed by atoms with Crippen molar-refractivity contribution in [1.82, 2.24) is 0 Å². The predicted octanol–water partition coefficient (Wildman–Crippen LogP) is 1.56. The van der Waals surface area contributed by atoms with Crippen LogP contribution in [0.2, 0.25) is 0 Å². The maximum Gasteiger partial charge on any atom is 0.165 e. The van der Waals surface area contributed by atoms with Gasteiger partial charge in [0.15, 0.2) is 11.5 Å². The van der Waals surface area contributed by atoms with Gasteiger partial charge in [0.25, 0.3) is 0 Å². The van der Waals surface area contributed by atoms with Crippen LogP contribution in [0, 0.1) is 12.3 Å². The lowest BCUT2D eigenvalue weighted by Crippen LogP contribution is -2.05. The summed E-state index contributed by atoms with van der Waals surface area (Å²) in [6.45, 7) is 0.895. The fraction of sp³-hybridized carbons (Fsp3) is 0.333. The van der Waals surface area contributed by atoms with Crippen molar-refractivity contribution in [1.29, 1.82) is 0 Å². The molecule has 1 aromatic rings. The Bertz CT molecular complexity index is 333. The summed E-state index contributed by atoms with van der Waals surface area (Å²) in [6, 6.07) is 5.63. The molecule has 1 rings (SSSR count). The SMILES string of the molecule is C#CCCOc1c(CN)cccc1OC. The van der Waals surface area contributed by atoms with Gasteiger partial charge in [-0.05, 0) is 6.07 Å². The Morgan fingerprint density at radius 1 is 1.47 bits per heavy atom. The van der Waals surface area contributed by atoms with Crippen molar-refractivity contribution >= 4 is 0 Å². The first kappa shape index (κ1) is 11.4. The number of methoxy groups -OCH3 is 1. The van der Waals surface area contributed by atoms with Crippen molar-refractivity contribution in [2.45, 2.75) is 13.0 Å². The average molecular weight is 205 g/mol. The summed E-state index contributed by atoms with van der Waals surface area (Å²) in [5, 5.41) is 0. The number of terminal acetylenes is 1. The number of benzene rings is 1. The number of para-hydroxylation sites is 1. The van der Waals surface area contributed by atoms with Gasteiger partial charge in [-0.1, -0.05) is 12.1 Å². The maximum absolute atomic E-state index is 5.60. The molecule has 0 atom stereocenters. The van der Waals surface area contributed by atoms with Crippen LogP contribution >= 0.6 is 0 Å². The van der Waals surface area contributed by atoms with Crippen molar-refractivity contribution in [3.8, 4) is 23.8 Å². The molecule has 1 aromatic carbocycles. The molecule has 0 heterocycles. The molecule has 0 aliphatic heterocycles. The number of rotatable bonds is 5. The van der Waals surface area contributed by atoms with E-state index >= 15 is 0 Å². The predicted molar refractivity (Wildman–Crippen MR) is 59.8 cm³/mol. The first-order chi connectivity index (χ1) is 7.33. The molecular formula is C12H15NO2. The summed E-state index contributed by atoms with van der Waals surface area (Å²) in [5.74, 6) is 3.90. The minimum Gasteiger partial charge on any atom is -0.493 e. The van der Waals surface area contributed by atoms with Gasteiger partial charge in [-0.15, -0.1) is 12.3 Å². The molecule has 0 saturated heterocycles. The van der Waals surface area contributed by atoms with Crippen molar-refractivity contribution in [2.75, 3.05) is 13.7 Å². The maximum atomic E-state index is 5.60. The largest absolute Gasteiger partial charge is 0.493 e. The van der Waals surface area contributed by atoms with E-state index < -0.39 is 0 Å². The molecule has 15 heavy (non-hydrogen) atoms. The Balaban J connectivity index is 2.86. The molecule has 0 bridgehead atoms. The van der Waals surface area contributed by atoms with Gasteiger partial charge < -0.3 is 15.2 Å². The number of hydrogen-bond acceptors (Lipinski definition) is 3. The Morgan fingerprint density at radius 3 is 2.87 bits per heavy atom. The van der Waals surface area contributed by atoms with E-state index in [4.69, 9.17) is 21.6 Å². The highest BCUT2D eigenvalue weighted by Crippen LogP contribution is 2.30. The van der Waals surface area contributed by atoms with Crippen LogP contribution in [0.5, 0.6) is 11.5 Å².